The Bertz CT molecular complexity index is 413. The maximum Gasteiger partial charge on any atom is 0.266 e. The Kier molecular flexibility index (Phi) is 9.27. The monoisotopic (exact) mass is 276 g/mol. The Balaban J connectivity index is 5.06. The normalized spacial score (nSPS) is 10.3. The molecule has 0 atom stereocenters. The fourth-order valence-corrected chi connectivity index (χ4v) is 1.44. The molecule has 0 rings (SSSR count). The first-order chi connectivity index (χ1) is 9.64. The van der Waals surface area contributed by atoms with Gasteiger partial charge >= 0.3 is 0 Å². The van der Waals surface area contributed by atoms with Gasteiger partial charge in [0.1, 0.15) is 11.6 Å². The van der Waals surface area contributed by atoms with E-state index in [0.29, 0.717) is 39.0 Å². The van der Waals surface area contributed by atoms with Gasteiger partial charge in [-0.2, -0.15) is 5.26 Å². The standard InChI is InChI=1S/C14H20N4O2/c1-3-7-18(8-4-2)14(20)13(10-16)11-17(12-19)9-5-6-15/h3-4,11-12H,1-2,5-9,15H2/b13-11-. The molecule has 0 unspecified atom stereocenters. The van der Waals surface area contributed by atoms with Gasteiger partial charge in [-0.15, -0.1) is 13.2 Å². The predicted molar refractivity (Wildman–Crippen MR) is 77.1 cm³/mol. The molecule has 2 amide bonds. The van der Waals surface area contributed by atoms with Crippen molar-refractivity contribution in [3.8, 4) is 6.07 Å². The van der Waals surface area contributed by atoms with E-state index in [-0.39, 0.29) is 5.57 Å². The van der Waals surface area contributed by atoms with Gasteiger partial charge < -0.3 is 15.5 Å². The van der Waals surface area contributed by atoms with Crippen molar-refractivity contribution in [3.63, 3.8) is 0 Å². The number of carbonyl (C=O) groups excluding carboxylic acids is 2. The Morgan fingerprint density at radius 1 is 1.30 bits per heavy atom. The first kappa shape index (κ1) is 17.6. The van der Waals surface area contributed by atoms with Crippen molar-refractivity contribution in [2.75, 3.05) is 26.2 Å². The van der Waals surface area contributed by atoms with Gasteiger partial charge in [0.15, 0.2) is 0 Å². The third kappa shape index (κ3) is 5.98. The fourth-order valence-electron chi connectivity index (χ4n) is 1.44. The average Bonchev–Trinajstić information content (AvgIpc) is 2.47. The van der Waals surface area contributed by atoms with Crippen molar-refractivity contribution in [2.45, 2.75) is 6.42 Å². The van der Waals surface area contributed by atoms with Crippen molar-refractivity contribution in [2.24, 2.45) is 5.73 Å². The molecule has 0 aromatic rings. The minimum atomic E-state index is -0.466. The van der Waals surface area contributed by atoms with Crippen molar-refractivity contribution < 1.29 is 9.59 Å². The zero-order chi connectivity index (χ0) is 15.4. The molecule has 0 fully saturated rings. The molecule has 108 valence electrons. The Labute approximate surface area is 119 Å². The van der Waals surface area contributed by atoms with Gasteiger partial charge in [0, 0.05) is 25.8 Å². The van der Waals surface area contributed by atoms with Crippen LogP contribution in [0.15, 0.2) is 37.1 Å². The minimum Gasteiger partial charge on any atom is -0.331 e. The zero-order valence-corrected chi connectivity index (χ0v) is 11.5. The highest BCUT2D eigenvalue weighted by atomic mass is 16.2. The summed E-state index contributed by atoms with van der Waals surface area (Å²) < 4.78 is 0. The molecule has 0 aliphatic carbocycles. The van der Waals surface area contributed by atoms with Gasteiger partial charge in [0.2, 0.25) is 6.41 Å². The Morgan fingerprint density at radius 2 is 1.90 bits per heavy atom. The van der Waals surface area contributed by atoms with Crippen LogP contribution >= 0.6 is 0 Å². The molecule has 20 heavy (non-hydrogen) atoms. The van der Waals surface area contributed by atoms with Crippen molar-refractivity contribution in [1.82, 2.24) is 9.80 Å². The van der Waals surface area contributed by atoms with Gasteiger partial charge in [0.25, 0.3) is 5.91 Å². The number of amides is 2. The number of carbonyl (C=O) groups is 2. The largest absolute Gasteiger partial charge is 0.331 e. The number of nitrogens with two attached hydrogens (primary N) is 1. The van der Waals surface area contributed by atoms with E-state index < -0.39 is 5.91 Å². The number of hydrogen-bond acceptors (Lipinski definition) is 4. The predicted octanol–water partition coefficient (Wildman–Crippen LogP) is 0.402. The van der Waals surface area contributed by atoms with Crippen molar-refractivity contribution >= 4 is 12.3 Å². The third-order valence-electron chi connectivity index (χ3n) is 2.39. The molecular weight excluding hydrogens is 256 g/mol. The van der Waals surface area contributed by atoms with E-state index in [1.807, 2.05) is 6.07 Å². The molecule has 0 saturated heterocycles. The van der Waals surface area contributed by atoms with Crippen LogP contribution in [0.5, 0.6) is 0 Å². The second-order valence-electron chi connectivity index (χ2n) is 3.93. The molecule has 0 aliphatic rings. The molecule has 0 heterocycles. The number of nitrogens with zero attached hydrogens (tertiary/aromatic N) is 3. The van der Waals surface area contributed by atoms with E-state index in [0.717, 1.165) is 0 Å². The summed E-state index contributed by atoms with van der Waals surface area (Å²) in [6.45, 7) is 8.50. The highest BCUT2D eigenvalue weighted by molar-refractivity contribution is 5.97. The highest BCUT2D eigenvalue weighted by Gasteiger charge is 2.17. The van der Waals surface area contributed by atoms with Gasteiger partial charge in [-0.1, -0.05) is 12.2 Å². The lowest BCUT2D eigenvalue weighted by Gasteiger charge is -2.19. The van der Waals surface area contributed by atoms with Crippen LogP contribution in [-0.4, -0.2) is 48.3 Å². The highest BCUT2D eigenvalue weighted by Crippen LogP contribution is 2.04. The number of hydrogen-bond donors (Lipinski definition) is 1. The molecule has 2 N–H and O–H groups in total. The van der Waals surface area contributed by atoms with Crippen LogP contribution in [0.3, 0.4) is 0 Å². The molecule has 0 aromatic carbocycles. The van der Waals surface area contributed by atoms with Crippen LogP contribution in [0.25, 0.3) is 0 Å². The molecule has 0 aliphatic heterocycles. The van der Waals surface area contributed by atoms with Crippen LogP contribution in [0.2, 0.25) is 0 Å². The molecule has 6 nitrogen and oxygen atoms in total. The molecular formula is C14H20N4O2. The number of nitriles is 1. The lowest BCUT2D eigenvalue weighted by atomic mass is 10.2. The Hall–Kier alpha value is -2.39. The SMILES string of the molecule is C=CCN(CC=C)C(=O)/C(C#N)=C\N(C=O)CCCN. The third-order valence-corrected chi connectivity index (χ3v) is 2.39. The van der Waals surface area contributed by atoms with Crippen LogP contribution in [0.4, 0.5) is 0 Å². The van der Waals surface area contributed by atoms with E-state index in [4.69, 9.17) is 11.0 Å². The summed E-state index contributed by atoms with van der Waals surface area (Å²) in [4.78, 5) is 25.7. The summed E-state index contributed by atoms with van der Waals surface area (Å²) in [7, 11) is 0. The van der Waals surface area contributed by atoms with E-state index >= 15 is 0 Å². The van der Waals surface area contributed by atoms with Crippen molar-refractivity contribution in [3.05, 3.63) is 37.1 Å². The topological polar surface area (TPSA) is 90.4 Å². The summed E-state index contributed by atoms with van der Waals surface area (Å²) in [6.07, 6.45) is 5.51. The van der Waals surface area contributed by atoms with Crippen LogP contribution in [-0.2, 0) is 9.59 Å². The summed E-state index contributed by atoms with van der Waals surface area (Å²) in [6, 6.07) is 1.81. The van der Waals surface area contributed by atoms with Crippen LogP contribution in [0, 0.1) is 11.3 Å². The van der Waals surface area contributed by atoms with Gasteiger partial charge in [-0.25, -0.2) is 0 Å². The maximum atomic E-state index is 12.2. The smallest absolute Gasteiger partial charge is 0.266 e. The molecule has 0 radical (unpaired) electrons. The molecule has 6 heteroatoms. The molecule has 0 aromatic heterocycles. The van der Waals surface area contributed by atoms with E-state index in [2.05, 4.69) is 13.2 Å². The van der Waals surface area contributed by atoms with Gasteiger partial charge in [0.05, 0.1) is 0 Å². The minimum absolute atomic E-state index is 0.113. The number of rotatable bonds is 10. The zero-order valence-electron chi connectivity index (χ0n) is 11.5. The second-order valence-corrected chi connectivity index (χ2v) is 3.93. The lowest BCUT2D eigenvalue weighted by molar-refractivity contribution is -0.125. The fraction of sp³-hybridized carbons (Fsp3) is 0.357. The lowest BCUT2D eigenvalue weighted by Crippen LogP contribution is -2.33. The summed E-state index contributed by atoms with van der Waals surface area (Å²) in [5.41, 5.74) is 5.24. The first-order valence-corrected chi connectivity index (χ1v) is 6.18. The second kappa shape index (κ2) is 10.5. The molecule has 0 spiro atoms. The summed E-state index contributed by atoms with van der Waals surface area (Å²) in [5, 5.41) is 9.07. The summed E-state index contributed by atoms with van der Waals surface area (Å²) >= 11 is 0. The van der Waals surface area contributed by atoms with Crippen molar-refractivity contribution in [1.29, 1.82) is 5.26 Å². The summed E-state index contributed by atoms with van der Waals surface area (Å²) in [5.74, 6) is -0.466. The molecule has 0 saturated carbocycles. The molecule has 0 bridgehead atoms. The first-order valence-electron chi connectivity index (χ1n) is 6.18. The van der Waals surface area contributed by atoms with E-state index in [1.54, 1.807) is 12.2 Å². The van der Waals surface area contributed by atoms with Gasteiger partial charge in [-0.05, 0) is 13.0 Å². The van der Waals surface area contributed by atoms with E-state index in [9.17, 15) is 9.59 Å². The van der Waals surface area contributed by atoms with Crippen LogP contribution in [0.1, 0.15) is 6.42 Å². The quantitative estimate of drug-likeness (QED) is 0.271. The average molecular weight is 276 g/mol. The van der Waals surface area contributed by atoms with E-state index in [1.165, 1.54) is 16.0 Å². The maximum absolute atomic E-state index is 12.2. The Morgan fingerprint density at radius 3 is 2.30 bits per heavy atom. The van der Waals surface area contributed by atoms with Crippen LogP contribution < -0.4 is 5.73 Å². The van der Waals surface area contributed by atoms with Gasteiger partial charge in [-0.3, -0.25) is 9.59 Å².